The molecule has 0 aromatic rings. The third-order valence-corrected chi connectivity index (χ3v) is 4.46. The fraction of sp³-hybridized carbons (Fsp3) is 1.00. The number of hydrogen-bond donors (Lipinski definition) is 3. The van der Waals surface area contributed by atoms with Gasteiger partial charge in [-0.25, -0.2) is 4.57 Å². The van der Waals surface area contributed by atoms with Gasteiger partial charge in [0.05, 0.1) is 0 Å². The first-order valence-corrected chi connectivity index (χ1v) is 12.3. The van der Waals surface area contributed by atoms with Crippen LogP contribution in [0.15, 0.2) is 0 Å². The Morgan fingerprint density at radius 1 is 0.440 bits per heavy atom. The maximum Gasteiger partial charge on any atom is 0.466 e. The van der Waals surface area contributed by atoms with Crippen LogP contribution in [0.5, 0.6) is 0 Å². The Bertz CT molecular complexity index is 253. The Hall–Kier alpha value is 0.110. The summed E-state index contributed by atoms with van der Waals surface area (Å²) in [5, 5.41) is 0. The standard InChI is InChI=1S/C20H42.H3O4P/c1-3-5-7-9-11-13-15-17-19-20-18-16-14-12-10-8-6-4-2;1-5(2,3)4/h3-20H2,1-2H3;(H3,1,2,3,4). The first kappa shape index (κ1) is 27.3. The molecule has 0 aromatic carbocycles. The van der Waals surface area contributed by atoms with Gasteiger partial charge < -0.3 is 14.7 Å². The molecule has 3 N–H and O–H groups in total. The van der Waals surface area contributed by atoms with E-state index in [1.54, 1.807) is 0 Å². The van der Waals surface area contributed by atoms with Crippen LogP contribution in [0, 0.1) is 0 Å². The molecule has 0 aliphatic rings. The van der Waals surface area contributed by atoms with Gasteiger partial charge >= 0.3 is 7.82 Å². The Morgan fingerprint density at radius 2 is 0.560 bits per heavy atom. The van der Waals surface area contributed by atoms with Crippen LogP contribution in [0.1, 0.15) is 129 Å². The Morgan fingerprint density at radius 3 is 0.680 bits per heavy atom. The minimum Gasteiger partial charge on any atom is -0.303 e. The summed E-state index contributed by atoms with van der Waals surface area (Å²) in [5.74, 6) is 0. The lowest BCUT2D eigenvalue weighted by molar-refractivity contribution is 0.275. The molecule has 0 fully saturated rings. The first-order valence-electron chi connectivity index (χ1n) is 10.7. The molecule has 0 bridgehead atoms. The summed E-state index contributed by atoms with van der Waals surface area (Å²) in [5.41, 5.74) is 0. The van der Waals surface area contributed by atoms with Crippen molar-refractivity contribution in [3.8, 4) is 0 Å². The molecule has 0 spiro atoms. The number of hydrogen-bond acceptors (Lipinski definition) is 1. The minimum absolute atomic E-state index is 1.37. The van der Waals surface area contributed by atoms with E-state index >= 15 is 0 Å². The summed E-state index contributed by atoms with van der Waals surface area (Å²) in [7, 11) is -4.64. The summed E-state index contributed by atoms with van der Waals surface area (Å²) >= 11 is 0. The van der Waals surface area contributed by atoms with Gasteiger partial charge in [-0.15, -0.1) is 0 Å². The lowest BCUT2D eigenvalue weighted by Crippen LogP contribution is -1.83. The second kappa shape index (κ2) is 22.2. The molecule has 5 heteroatoms. The second-order valence-corrected chi connectivity index (χ2v) is 8.20. The second-order valence-electron chi connectivity index (χ2n) is 7.17. The normalized spacial score (nSPS) is 11.2. The van der Waals surface area contributed by atoms with Gasteiger partial charge in [0.1, 0.15) is 0 Å². The highest BCUT2D eigenvalue weighted by Gasteiger charge is 2.00. The van der Waals surface area contributed by atoms with Crippen molar-refractivity contribution in [2.45, 2.75) is 129 Å². The summed E-state index contributed by atoms with van der Waals surface area (Å²) in [6.45, 7) is 4.59. The number of phosphoric acid groups is 1. The van der Waals surface area contributed by atoms with E-state index in [2.05, 4.69) is 13.8 Å². The molecule has 0 radical (unpaired) electrons. The predicted octanol–water partition coefficient (Wildman–Crippen LogP) is 7.12. The van der Waals surface area contributed by atoms with Crippen LogP contribution in [0.25, 0.3) is 0 Å². The van der Waals surface area contributed by atoms with Crippen molar-refractivity contribution in [3.05, 3.63) is 0 Å². The van der Waals surface area contributed by atoms with E-state index in [9.17, 15) is 0 Å². The van der Waals surface area contributed by atoms with E-state index in [-0.39, 0.29) is 0 Å². The number of unbranched alkanes of at least 4 members (excludes halogenated alkanes) is 17. The van der Waals surface area contributed by atoms with Crippen molar-refractivity contribution in [1.82, 2.24) is 0 Å². The molecule has 0 atom stereocenters. The molecular formula is C20H45O4P. The zero-order valence-corrected chi connectivity index (χ0v) is 17.8. The van der Waals surface area contributed by atoms with Crippen molar-refractivity contribution in [1.29, 1.82) is 0 Å². The quantitative estimate of drug-likeness (QED) is 0.185. The van der Waals surface area contributed by atoms with Crippen molar-refractivity contribution in [3.63, 3.8) is 0 Å². The van der Waals surface area contributed by atoms with Gasteiger partial charge in [0.25, 0.3) is 0 Å². The lowest BCUT2D eigenvalue weighted by Gasteiger charge is -2.03. The van der Waals surface area contributed by atoms with Gasteiger partial charge in [0, 0.05) is 0 Å². The van der Waals surface area contributed by atoms with E-state index in [0.717, 1.165) is 0 Å². The molecule has 0 aliphatic carbocycles. The third kappa shape index (κ3) is 40.3. The van der Waals surface area contributed by atoms with E-state index in [1.165, 1.54) is 116 Å². The van der Waals surface area contributed by atoms with Gasteiger partial charge in [-0.05, 0) is 0 Å². The van der Waals surface area contributed by atoms with E-state index in [1.807, 2.05) is 0 Å². The van der Waals surface area contributed by atoms with E-state index in [4.69, 9.17) is 19.2 Å². The molecule has 0 saturated carbocycles. The molecule has 0 unspecified atom stereocenters. The molecule has 154 valence electrons. The van der Waals surface area contributed by atoms with Gasteiger partial charge in [-0.1, -0.05) is 129 Å². The average molecular weight is 381 g/mol. The van der Waals surface area contributed by atoms with Crippen LogP contribution in [0.2, 0.25) is 0 Å². The predicted molar refractivity (Wildman–Crippen MR) is 109 cm³/mol. The molecular weight excluding hydrogens is 335 g/mol. The van der Waals surface area contributed by atoms with Crippen LogP contribution in [0.3, 0.4) is 0 Å². The minimum atomic E-state index is -4.64. The molecule has 0 aliphatic heterocycles. The van der Waals surface area contributed by atoms with Gasteiger partial charge in [-0.3, -0.25) is 0 Å². The molecule has 0 heterocycles. The van der Waals surface area contributed by atoms with Crippen molar-refractivity contribution < 1.29 is 19.2 Å². The van der Waals surface area contributed by atoms with Gasteiger partial charge in [-0.2, -0.15) is 0 Å². The molecule has 0 amide bonds. The third-order valence-electron chi connectivity index (χ3n) is 4.46. The van der Waals surface area contributed by atoms with Gasteiger partial charge in [0.2, 0.25) is 0 Å². The van der Waals surface area contributed by atoms with Gasteiger partial charge in [0.15, 0.2) is 0 Å². The Labute approximate surface area is 157 Å². The average Bonchev–Trinajstić information content (AvgIpc) is 2.53. The maximum absolute atomic E-state index is 8.88. The first-order chi connectivity index (χ1) is 11.9. The molecule has 25 heavy (non-hydrogen) atoms. The zero-order chi connectivity index (χ0) is 19.2. The summed E-state index contributed by atoms with van der Waals surface area (Å²) in [6, 6.07) is 0. The smallest absolute Gasteiger partial charge is 0.303 e. The topological polar surface area (TPSA) is 77.8 Å². The highest BCUT2D eigenvalue weighted by Crippen LogP contribution is 2.25. The number of rotatable bonds is 17. The lowest BCUT2D eigenvalue weighted by atomic mass is 10.0. The molecule has 0 rings (SSSR count). The largest absolute Gasteiger partial charge is 0.466 e. The highest BCUT2D eigenvalue weighted by atomic mass is 31.2. The highest BCUT2D eigenvalue weighted by molar-refractivity contribution is 7.45. The van der Waals surface area contributed by atoms with Crippen LogP contribution >= 0.6 is 7.82 Å². The SMILES string of the molecule is CCCCCCCCCCCCCCCCCCCC.O=P(O)(O)O. The molecule has 0 saturated heterocycles. The van der Waals surface area contributed by atoms with Crippen LogP contribution in [0.4, 0.5) is 0 Å². The van der Waals surface area contributed by atoms with E-state index in [0.29, 0.717) is 0 Å². The summed E-state index contributed by atoms with van der Waals surface area (Å²) in [4.78, 5) is 21.6. The fourth-order valence-electron chi connectivity index (χ4n) is 2.97. The van der Waals surface area contributed by atoms with Crippen molar-refractivity contribution >= 4 is 7.82 Å². The monoisotopic (exact) mass is 380 g/mol. The van der Waals surface area contributed by atoms with Crippen molar-refractivity contribution in [2.75, 3.05) is 0 Å². The summed E-state index contributed by atoms with van der Waals surface area (Å²) < 4.78 is 8.88. The van der Waals surface area contributed by atoms with E-state index < -0.39 is 7.82 Å². The molecule has 0 aromatic heterocycles. The van der Waals surface area contributed by atoms with Crippen LogP contribution in [-0.2, 0) is 4.57 Å². The maximum atomic E-state index is 8.88. The van der Waals surface area contributed by atoms with Crippen LogP contribution in [-0.4, -0.2) is 14.7 Å². The fourth-order valence-corrected chi connectivity index (χ4v) is 2.97. The summed E-state index contributed by atoms with van der Waals surface area (Å²) in [6.07, 6.45) is 26.4. The Balaban J connectivity index is 0. The zero-order valence-electron chi connectivity index (χ0n) is 16.9. The van der Waals surface area contributed by atoms with Crippen molar-refractivity contribution in [2.24, 2.45) is 0 Å². The Kier molecular flexibility index (Phi) is 24.2. The molecule has 4 nitrogen and oxygen atoms in total. The van der Waals surface area contributed by atoms with Crippen LogP contribution < -0.4 is 0 Å².